The molecule has 8 heteroatoms. The highest BCUT2D eigenvalue weighted by Gasteiger charge is 2.16. The maximum Gasteiger partial charge on any atom is 0.260 e. The summed E-state index contributed by atoms with van der Waals surface area (Å²) in [5.41, 5.74) is 0.948. The maximum absolute atomic E-state index is 13.0. The second-order valence-corrected chi connectivity index (χ2v) is 6.60. The highest BCUT2D eigenvalue weighted by molar-refractivity contribution is 6.06. The Kier molecular flexibility index (Phi) is 7.53. The number of hydrogen-bond donors (Lipinski definition) is 1. The van der Waals surface area contributed by atoms with Crippen molar-refractivity contribution in [2.24, 2.45) is 0 Å². The first-order chi connectivity index (χ1) is 15.2. The second-order valence-electron chi connectivity index (χ2n) is 6.60. The van der Waals surface area contributed by atoms with Crippen molar-refractivity contribution in [1.29, 1.82) is 0 Å². The molecule has 0 aliphatic carbocycles. The number of pyridine rings is 1. The summed E-state index contributed by atoms with van der Waals surface area (Å²) in [6.45, 7) is 8.41. The summed E-state index contributed by atoms with van der Waals surface area (Å²) in [4.78, 5) is 17.5. The third kappa shape index (κ3) is 5.57. The van der Waals surface area contributed by atoms with E-state index >= 15 is 0 Å². The van der Waals surface area contributed by atoms with Gasteiger partial charge in [0, 0.05) is 6.54 Å². The molecule has 1 N–H and O–H groups in total. The molecular formula is C23H25N5O3. The van der Waals surface area contributed by atoms with Crippen molar-refractivity contribution >= 4 is 11.7 Å². The average Bonchev–Trinajstić information content (AvgIpc) is 3.26. The van der Waals surface area contributed by atoms with E-state index < -0.39 is 0 Å². The summed E-state index contributed by atoms with van der Waals surface area (Å²) >= 11 is 0. The Hall–Kier alpha value is -3.94. The highest BCUT2D eigenvalue weighted by atomic mass is 16.5. The minimum atomic E-state index is -0.366. The van der Waals surface area contributed by atoms with E-state index in [1.165, 1.54) is 7.11 Å². The van der Waals surface area contributed by atoms with Gasteiger partial charge in [-0.15, -0.1) is 16.8 Å². The Bertz CT molecular complexity index is 1060. The summed E-state index contributed by atoms with van der Waals surface area (Å²) < 4.78 is 12.8. The first-order valence-corrected chi connectivity index (χ1v) is 9.85. The van der Waals surface area contributed by atoms with Gasteiger partial charge in [-0.1, -0.05) is 24.8 Å². The van der Waals surface area contributed by atoms with Crippen LogP contribution in [0.2, 0.25) is 0 Å². The SMILES string of the molecule is C=CCCCn1cnnc1-c1cccc(NC(=O)c2cc(OC)ccc2OCC=C)n1. The number of anilines is 1. The average molecular weight is 419 g/mol. The summed E-state index contributed by atoms with van der Waals surface area (Å²) in [6, 6.07) is 10.4. The lowest BCUT2D eigenvalue weighted by Crippen LogP contribution is -2.15. The van der Waals surface area contributed by atoms with Crippen LogP contribution in [0, 0.1) is 0 Å². The van der Waals surface area contributed by atoms with Crippen LogP contribution in [0.1, 0.15) is 23.2 Å². The van der Waals surface area contributed by atoms with Crippen molar-refractivity contribution in [3.05, 3.63) is 73.6 Å². The lowest BCUT2D eigenvalue weighted by Gasteiger charge is -2.12. The van der Waals surface area contributed by atoms with Crippen molar-refractivity contribution in [1.82, 2.24) is 19.7 Å². The van der Waals surface area contributed by atoms with Crippen molar-refractivity contribution in [2.75, 3.05) is 19.0 Å². The Labute approximate surface area is 181 Å². The first-order valence-electron chi connectivity index (χ1n) is 9.85. The number of carbonyl (C=O) groups excluding carboxylic acids is 1. The standard InChI is InChI=1S/C23H25N5O3/c1-4-6-7-13-28-16-24-27-22(28)19-9-8-10-21(25-19)26-23(29)18-15-17(30-3)11-12-20(18)31-14-5-2/h4-5,8-12,15-16H,1-2,6-7,13-14H2,3H3,(H,25,26,29). The lowest BCUT2D eigenvalue weighted by molar-refractivity contribution is 0.102. The maximum atomic E-state index is 13.0. The molecule has 2 aromatic heterocycles. The molecule has 0 fully saturated rings. The van der Waals surface area contributed by atoms with Crippen LogP contribution in [0.3, 0.4) is 0 Å². The summed E-state index contributed by atoms with van der Waals surface area (Å²) in [5, 5.41) is 11.0. The number of unbranched alkanes of at least 4 members (excludes halogenated alkanes) is 1. The number of carbonyl (C=O) groups is 1. The quantitative estimate of drug-likeness (QED) is 0.371. The zero-order chi connectivity index (χ0) is 22.1. The Morgan fingerprint density at radius 2 is 2.10 bits per heavy atom. The molecule has 0 saturated heterocycles. The first kappa shape index (κ1) is 21.8. The molecule has 0 saturated carbocycles. The molecule has 31 heavy (non-hydrogen) atoms. The molecule has 1 amide bonds. The molecule has 8 nitrogen and oxygen atoms in total. The molecule has 3 rings (SSSR count). The summed E-state index contributed by atoms with van der Waals surface area (Å²) in [6.07, 6.45) is 6.99. The van der Waals surface area contributed by atoms with Gasteiger partial charge < -0.3 is 19.4 Å². The van der Waals surface area contributed by atoms with E-state index in [0.29, 0.717) is 34.4 Å². The van der Waals surface area contributed by atoms with Crippen LogP contribution in [0.25, 0.3) is 11.5 Å². The Morgan fingerprint density at radius 1 is 1.23 bits per heavy atom. The van der Waals surface area contributed by atoms with Crippen LogP contribution in [0.15, 0.2) is 68.0 Å². The number of nitrogens with zero attached hydrogens (tertiary/aromatic N) is 4. The van der Waals surface area contributed by atoms with Crippen molar-refractivity contribution < 1.29 is 14.3 Å². The van der Waals surface area contributed by atoms with E-state index in [2.05, 4.69) is 33.7 Å². The Balaban J connectivity index is 1.82. The van der Waals surface area contributed by atoms with Crippen molar-refractivity contribution in [3.8, 4) is 23.0 Å². The van der Waals surface area contributed by atoms with Crippen LogP contribution in [0.4, 0.5) is 5.82 Å². The van der Waals surface area contributed by atoms with Gasteiger partial charge in [-0.25, -0.2) is 4.98 Å². The van der Waals surface area contributed by atoms with Gasteiger partial charge in [0.25, 0.3) is 5.91 Å². The monoisotopic (exact) mass is 419 g/mol. The molecule has 0 aliphatic rings. The Morgan fingerprint density at radius 3 is 2.87 bits per heavy atom. The number of benzene rings is 1. The van der Waals surface area contributed by atoms with Gasteiger partial charge in [0.1, 0.15) is 35.9 Å². The largest absolute Gasteiger partial charge is 0.497 e. The molecule has 0 unspecified atom stereocenters. The van der Waals surface area contributed by atoms with Crippen LogP contribution in [-0.4, -0.2) is 39.4 Å². The molecule has 0 atom stereocenters. The number of amides is 1. The van der Waals surface area contributed by atoms with Crippen LogP contribution < -0.4 is 14.8 Å². The predicted octanol–water partition coefficient (Wildman–Crippen LogP) is 4.13. The minimum Gasteiger partial charge on any atom is -0.497 e. The fourth-order valence-electron chi connectivity index (χ4n) is 2.92. The number of allylic oxidation sites excluding steroid dienone is 1. The van der Waals surface area contributed by atoms with E-state index in [0.717, 1.165) is 19.4 Å². The molecular weight excluding hydrogens is 394 g/mol. The molecule has 1 aromatic carbocycles. The number of hydrogen-bond acceptors (Lipinski definition) is 6. The number of rotatable bonds is 11. The topological polar surface area (TPSA) is 91.2 Å². The van der Waals surface area contributed by atoms with Gasteiger partial charge in [-0.05, 0) is 43.2 Å². The van der Waals surface area contributed by atoms with Gasteiger partial charge in [0.05, 0.1) is 12.7 Å². The smallest absolute Gasteiger partial charge is 0.260 e. The van der Waals surface area contributed by atoms with Gasteiger partial charge >= 0.3 is 0 Å². The summed E-state index contributed by atoms with van der Waals surface area (Å²) in [5.74, 6) is 1.63. The van der Waals surface area contributed by atoms with Gasteiger partial charge in [-0.3, -0.25) is 4.79 Å². The predicted molar refractivity (Wildman–Crippen MR) is 119 cm³/mol. The molecule has 160 valence electrons. The molecule has 0 bridgehead atoms. The van der Waals surface area contributed by atoms with E-state index in [1.807, 2.05) is 16.7 Å². The summed E-state index contributed by atoms with van der Waals surface area (Å²) in [7, 11) is 1.54. The van der Waals surface area contributed by atoms with Crippen LogP contribution >= 0.6 is 0 Å². The van der Waals surface area contributed by atoms with E-state index in [1.54, 1.807) is 42.7 Å². The number of ether oxygens (including phenoxy) is 2. The van der Waals surface area contributed by atoms with Crippen molar-refractivity contribution in [2.45, 2.75) is 19.4 Å². The molecule has 0 aliphatic heterocycles. The van der Waals surface area contributed by atoms with Gasteiger partial charge in [0.15, 0.2) is 5.82 Å². The third-order valence-corrected chi connectivity index (χ3v) is 4.43. The zero-order valence-electron chi connectivity index (χ0n) is 17.5. The van der Waals surface area contributed by atoms with E-state index in [9.17, 15) is 4.79 Å². The zero-order valence-corrected chi connectivity index (χ0v) is 17.5. The number of aryl methyl sites for hydroxylation is 1. The van der Waals surface area contributed by atoms with Gasteiger partial charge in [-0.2, -0.15) is 0 Å². The van der Waals surface area contributed by atoms with Crippen molar-refractivity contribution in [3.63, 3.8) is 0 Å². The van der Waals surface area contributed by atoms with Crippen LogP contribution in [0.5, 0.6) is 11.5 Å². The minimum absolute atomic E-state index is 0.280. The number of methoxy groups -OCH3 is 1. The normalized spacial score (nSPS) is 10.4. The fraction of sp³-hybridized carbons (Fsp3) is 0.217. The molecule has 0 radical (unpaired) electrons. The number of nitrogens with one attached hydrogen (secondary N) is 1. The molecule has 3 aromatic rings. The fourth-order valence-corrected chi connectivity index (χ4v) is 2.92. The van der Waals surface area contributed by atoms with Crippen LogP contribution in [-0.2, 0) is 6.54 Å². The third-order valence-electron chi connectivity index (χ3n) is 4.43. The number of aromatic nitrogens is 4. The van der Waals surface area contributed by atoms with E-state index in [4.69, 9.17) is 9.47 Å². The lowest BCUT2D eigenvalue weighted by atomic mass is 10.1. The highest BCUT2D eigenvalue weighted by Crippen LogP contribution is 2.25. The second kappa shape index (κ2) is 10.7. The molecule has 2 heterocycles. The molecule has 0 spiro atoms. The van der Waals surface area contributed by atoms with Gasteiger partial charge in [0.2, 0.25) is 0 Å². The van der Waals surface area contributed by atoms with E-state index in [-0.39, 0.29) is 12.5 Å².